The minimum Gasteiger partial charge on any atom is -0.455 e. The number of furan rings is 1. The second kappa shape index (κ2) is 13.5. The van der Waals surface area contributed by atoms with Crippen LogP contribution in [0.3, 0.4) is 0 Å². The van der Waals surface area contributed by atoms with Crippen molar-refractivity contribution in [3.8, 4) is 50.5 Å². The van der Waals surface area contributed by atoms with Crippen molar-refractivity contribution < 1.29 is 4.42 Å². The lowest BCUT2D eigenvalue weighted by atomic mass is 9.88. The van der Waals surface area contributed by atoms with Crippen molar-refractivity contribution in [2.45, 2.75) is 39.5 Å². The van der Waals surface area contributed by atoms with Crippen LogP contribution in [0.1, 0.15) is 50.7 Å². The Balaban J connectivity index is 1.20. The van der Waals surface area contributed by atoms with Gasteiger partial charge in [0.2, 0.25) is 0 Å². The number of imidazole rings is 1. The summed E-state index contributed by atoms with van der Waals surface area (Å²) in [4.78, 5) is 10.6. The minimum absolute atomic E-state index is 0.243. The summed E-state index contributed by atoms with van der Waals surface area (Å²) in [7, 11) is 0. The summed E-state index contributed by atoms with van der Waals surface area (Å²) in [6.07, 6.45) is 0. The van der Waals surface area contributed by atoms with Gasteiger partial charge in [0.25, 0.3) is 0 Å². The maximum absolute atomic E-state index is 6.92. The van der Waals surface area contributed by atoms with Crippen molar-refractivity contribution in [2.24, 2.45) is 0 Å². The monoisotopic (exact) mass is 723 g/mol. The van der Waals surface area contributed by atoms with Crippen LogP contribution in [0, 0.1) is 0 Å². The SMILES string of the molecule is CC(C)c1cc(-c2ccccc2)cc(C(C)C)c1-n1c(-c2cccc3c2oc2cc(-c4ccc(-c5ccccc5)cc4)ccc23)nc2nc3ccccc3cc21. The summed E-state index contributed by atoms with van der Waals surface area (Å²) < 4.78 is 9.29. The predicted molar refractivity (Wildman–Crippen MR) is 234 cm³/mol. The Labute approximate surface area is 326 Å². The molecule has 0 bridgehead atoms. The third kappa shape index (κ3) is 5.68. The summed E-state index contributed by atoms with van der Waals surface area (Å²) in [6, 6.07) is 58.3. The van der Waals surface area contributed by atoms with E-state index in [9.17, 15) is 0 Å². The largest absolute Gasteiger partial charge is 0.455 e. The molecule has 10 rings (SSSR count). The van der Waals surface area contributed by atoms with E-state index in [0.717, 1.165) is 60.9 Å². The molecule has 7 aromatic carbocycles. The first-order valence-corrected chi connectivity index (χ1v) is 19.5. The highest BCUT2D eigenvalue weighted by molar-refractivity contribution is 6.10. The number of aromatic nitrogens is 3. The van der Waals surface area contributed by atoms with Crippen LogP contribution in [0.5, 0.6) is 0 Å². The molecule has 56 heavy (non-hydrogen) atoms. The van der Waals surface area contributed by atoms with Gasteiger partial charge >= 0.3 is 0 Å². The van der Waals surface area contributed by atoms with E-state index in [4.69, 9.17) is 14.4 Å². The lowest BCUT2D eigenvalue weighted by Crippen LogP contribution is -2.09. The zero-order valence-corrected chi connectivity index (χ0v) is 32.0. The molecule has 0 atom stereocenters. The van der Waals surface area contributed by atoms with Crippen LogP contribution in [0.15, 0.2) is 168 Å². The Morgan fingerprint density at radius 2 is 1.07 bits per heavy atom. The van der Waals surface area contributed by atoms with E-state index >= 15 is 0 Å². The van der Waals surface area contributed by atoms with Crippen LogP contribution in [0.4, 0.5) is 0 Å². The first kappa shape index (κ1) is 33.8. The van der Waals surface area contributed by atoms with Gasteiger partial charge in [0.15, 0.2) is 11.5 Å². The Kier molecular flexibility index (Phi) is 8.14. The summed E-state index contributed by atoms with van der Waals surface area (Å²) >= 11 is 0. The molecule has 0 saturated carbocycles. The number of pyridine rings is 1. The average Bonchev–Trinajstić information content (AvgIpc) is 3.80. The topological polar surface area (TPSA) is 43.9 Å². The first-order chi connectivity index (χ1) is 27.4. The van der Waals surface area contributed by atoms with Crippen molar-refractivity contribution in [1.29, 1.82) is 0 Å². The fraction of sp³-hybridized carbons (Fsp3) is 0.115. The van der Waals surface area contributed by atoms with E-state index in [1.165, 1.54) is 39.1 Å². The molecule has 4 heteroatoms. The van der Waals surface area contributed by atoms with E-state index in [2.05, 4.69) is 190 Å². The van der Waals surface area contributed by atoms with Gasteiger partial charge in [-0.05, 0) is 98.8 Å². The standard InChI is InChI=1S/C52H41N3O/c1-32(2)44-28-40(35-16-9-6-10-17-35)29-45(33(3)4)49(44)55-47-30-39-18-11-12-21-46(39)53-51(47)54-52(55)43-20-13-19-42-41-27-26-38(31-48(41)56-50(42)43)37-24-22-36(23-25-37)34-14-7-5-8-15-34/h5-33H,1-4H3. The number of para-hydroxylation sites is 2. The molecule has 0 aliphatic heterocycles. The fourth-order valence-electron chi connectivity index (χ4n) is 8.27. The number of nitrogens with zero attached hydrogens (tertiary/aromatic N) is 3. The number of benzene rings is 7. The molecule has 10 aromatic rings. The third-order valence-corrected chi connectivity index (χ3v) is 11.2. The van der Waals surface area contributed by atoms with Crippen LogP contribution in [-0.2, 0) is 0 Å². The van der Waals surface area contributed by atoms with Gasteiger partial charge in [-0.1, -0.05) is 149 Å². The van der Waals surface area contributed by atoms with Gasteiger partial charge in [0, 0.05) is 16.2 Å². The second-order valence-corrected chi connectivity index (χ2v) is 15.4. The average molecular weight is 724 g/mol. The quantitative estimate of drug-likeness (QED) is 0.164. The van der Waals surface area contributed by atoms with Crippen LogP contribution in [-0.4, -0.2) is 14.5 Å². The molecule has 0 radical (unpaired) electrons. The van der Waals surface area contributed by atoms with Gasteiger partial charge in [-0.3, -0.25) is 4.57 Å². The normalized spacial score (nSPS) is 11.9. The van der Waals surface area contributed by atoms with Crippen molar-refractivity contribution >= 4 is 44.0 Å². The maximum Gasteiger partial charge on any atom is 0.179 e. The van der Waals surface area contributed by atoms with Crippen LogP contribution in [0.2, 0.25) is 0 Å². The van der Waals surface area contributed by atoms with Crippen LogP contribution < -0.4 is 0 Å². The summed E-state index contributed by atoms with van der Waals surface area (Å²) in [5.74, 6) is 1.31. The molecule has 0 spiro atoms. The lowest BCUT2D eigenvalue weighted by Gasteiger charge is -2.24. The number of hydrogen-bond donors (Lipinski definition) is 0. The smallest absolute Gasteiger partial charge is 0.179 e. The highest BCUT2D eigenvalue weighted by atomic mass is 16.3. The number of fused-ring (bicyclic) bond motifs is 5. The Hall–Kier alpha value is -6.78. The van der Waals surface area contributed by atoms with Gasteiger partial charge in [0.1, 0.15) is 11.2 Å². The van der Waals surface area contributed by atoms with Gasteiger partial charge in [-0.15, -0.1) is 0 Å². The van der Waals surface area contributed by atoms with E-state index in [-0.39, 0.29) is 11.8 Å². The Morgan fingerprint density at radius 3 is 1.75 bits per heavy atom. The molecule has 0 N–H and O–H groups in total. The summed E-state index contributed by atoms with van der Waals surface area (Å²) in [6.45, 7) is 9.15. The van der Waals surface area contributed by atoms with Crippen molar-refractivity contribution in [3.63, 3.8) is 0 Å². The fourth-order valence-corrected chi connectivity index (χ4v) is 8.27. The molecule has 0 fully saturated rings. The van der Waals surface area contributed by atoms with Gasteiger partial charge < -0.3 is 4.42 Å². The van der Waals surface area contributed by atoms with Crippen molar-refractivity contribution in [2.75, 3.05) is 0 Å². The zero-order chi connectivity index (χ0) is 37.9. The predicted octanol–water partition coefficient (Wildman–Crippen LogP) is 14.4. The third-order valence-electron chi connectivity index (χ3n) is 11.2. The van der Waals surface area contributed by atoms with Gasteiger partial charge in [-0.25, -0.2) is 9.97 Å². The molecular formula is C52H41N3O. The molecule has 270 valence electrons. The number of rotatable bonds is 7. The van der Waals surface area contributed by atoms with E-state index < -0.39 is 0 Å². The van der Waals surface area contributed by atoms with E-state index in [0.29, 0.717) is 5.65 Å². The highest BCUT2D eigenvalue weighted by Crippen LogP contribution is 2.43. The van der Waals surface area contributed by atoms with E-state index in [1.807, 2.05) is 6.07 Å². The molecule has 0 unspecified atom stereocenters. The van der Waals surface area contributed by atoms with Crippen LogP contribution >= 0.6 is 0 Å². The zero-order valence-electron chi connectivity index (χ0n) is 32.0. The summed E-state index contributed by atoms with van der Waals surface area (Å²) in [5, 5.41) is 3.22. The first-order valence-electron chi connectivity index (χ1n) is 19.5. The van der Waals surface area contributed by atoms with E-state index in [1.54, 1.807) is 0 Å². The van der Waals surface area contributed by atoms with Crippen LogP contribution in [0.25, 0.3) is 94.5 Å². The molecule has 0 aliphatic rings. The molecular weight excluding hydrogens is 683 g/mol. The second-order valence-electron chi connectivity index (χ2n) is 15.4. The van der Waals surface area contributed by atoms with Crippen molar-refractivity contribution in [3.05, 3.63) is 175 Å². The molecule has 4 nitrogen and oxygen atoms in total. The minimum atomic E-state index is 0.243. The number of hydrogen-bond acceptors (Lipinski definition) is 3. The molecule has 3 aromatic heterocycles. The highest BCUT2D eigenvalue weighted by Gasteiger charge is 2.26. The molecule has 0 saturated heterocycles. The molecule has 3 heterocycles. The Bertz CT molecular complexity index is 3030. The van der Waals surface area contributed by atoms with Gasteiger partial charge in [0.05, 0.1) is 22.3 Å². The molecule has 0 aliphatic carbocycles. The lowest BCUT2D eigenvalue weighted by molar-refractivity contribution is 0.669. The van der Waals surface area contributed by atoms with Gasteiger partial charge in [-0.2, -0.15) is 0 Å². The molecule has 0 amide bonds. The maximum atomic E-state index is 6.92. The van der Waals surface area contributed by atoms with Crippen molar-refractivity contribution in [1.82, 2.24) is 14.5 Å². The summed E-state index contributed by atoms with van der Waals surface area (Å²) in [5.41, 5.74) is 16.0. The Morgan fingerprint density at radius 1 is 0.482 bits per heavy atom.